The maximum Gasteiger partial charge on any atom is 0.270 e. The van der Waals surface area contributed by atoms with Crippen molar-refractivity contribution in [2.45, 2.75) is 19.9 Å². The Labute approximate surface area is 233 Å². The predicted molar refractivity (Wildman–Crippen MR) is 151 cm³/mol. The lowest BCUT2D eigenvalue weighted by molar-refractivity contribution is 0.0595. The smallest absolute Gasteiger partial charge is 0.270 e. The van der Waals surface area contributed by atoms with Gasteiger partial charge in [-0.2, -0.15) is 4.31 Å². The second-order valence-electron chi connectivity index (χ2n) is 10.4. The zero-order chi connectivity index (χ0) is 27.9. The number of aromatic nitrogens is 2. The molecule has 0 saturated carbocycles. The molecule has 2 aliphatic rings. The van der Waals surface area contributed by atoms with E-state index >= 15 is 0 Å². The minimum atomic E-state index is -3.32. The Balaban J connectivity index is 1.47. The van der Waals surface area contributed by atoms with E-state index in [9.17, 15) is 18.0 Å². The second kappa shape index (κ2) is 10.9. The highest BCUT2D eigenvalue weighted by molar-refractivity contribution is 7.88. The third kappa shape index (κ3) is 5.67. The largest absolute Gasteiger partial charge is 0.336 e. The molecule has 0 spiro atoms. The van der Waals surface area contributed by atoms with Crippen LogP contribution >= 0.6 is 11.6 Å². The van der Waals surface area contributed by atoms with Gasteiger partial charge in [-0.25, -0.2) is 13.4 Å². The molecule has 0 bridgehead atoms. The van der Waals surface area contributed by atoms with Crippen molar-refractivity contribution < 1.29 is 18.0 Å². The van der Waals surface area contributed by atoms with Crippen LogP contribution in [0.1, 0.15) is 34.7 Å². The lowest BCUT2D eigenvalue weighted by Gasteiger charge is -2.37. The monoisotopic (exact) mass is 572 g/mol. The number of hydrogen-bond acceptors (Lipinski definition) is 6. The highest BCUT2D eigenvalue weighted by Gasteiger charge is 2.30. The Morgan fingerprint density at radius 3 is 2.13 bits per heavy atom. The van der Waals surface area contributed by atoms with Gasteiger partial charge in [0.05, 0.1) is 17.5 Å². The third-order valence-electron chi connectivity index (χ3n) is 7.56. The molecule has 2 saturated heterocycles. The summed E-state index contributed by atoms with van der Waals surface area (Å²) in [6, 6.07) is 11.2. The number of carbonyl (C=O) groups excluding carboxylic acids is 2. The molecule has 208 valence electrons. The van der Waals surface area contributed by atoms with E-state index in [-0.39, 0.29) is 38.0 Å². The normalized spacial score (nSPS) is 17.8. The van der Waals surface area contributed by atoms with Gasteiger partial charge in [0.1, 0.15) is 10.8 Å². The Kier molecular flexibility index (Phi) is 7.69. The summed E-state index contributed by atoms with van der Waals surface area (Å²) < 4.78 is 27.1. The van der Waals surface area contributed by atoms with E-state index in [2.05, 4.69) is 23.7 Å². The van der Waals surface area contributed by atoms with Crippen LogP contribution in [0.25, 0.3) is 16.6 Å². The van der Waals surface area contributed by atoms with E-state index in [1.165, 1.54) is 10.6 Å². The average molecular weight is 573 g/mol. The van der Waals surface area contributed by atoms with E-state index in [1.54, 1.807) is 35.4 Å². The highest BCUT2D eigenvalue weighted by Crippen LogP contribution is 2.28. The van der Waals surface area contributed by atoms with E-state index in [4.69, 9.17) is 11.6 Å². The number of piperazine rings is 2. The standard InChI is InChI=1S/C27H33ClN6O4S/c1-19(2)30-8-10-31(11-9-30)26(35)20-4-5-23-21(16-20)17-24(34(23)22-6-7-29-25(28)18-22)27(36)32-12-14-33(15-13-32)39(3,37)38/h4-7,16-19H,8-15H2,1-3H3. The summed E-state index contributed by atoms with van der Waals surface area (Å²) in [5.74, 6) is -0.241. The van der Waals surface area contributed by atoms with Crippen molar-refractivity contribution in [3.8, 4) is 5.69 Å². The van der Waals surface area contributed by atoms with Crippen molar-refractivity contribution in [1.29, 1.82) is 0 Å². The second-order valence-corrected chi connectivity index (χ2v) is 12.7. The maximum atomic E-state index is 13.8. The molecular formula is C27H33ClN6O4S. The van der Waals surface area contributed by atoms with Crippen molar-refractivity contribution in [2.75, 3.05) is 58.6 Å². The van der Waals surface area contributed by atoms with Gasteiger partial charge in [0.15, 0.2) is 0 Å². The van der Waals surface area contributed by atoms with Gasteiger partial charge in [-0.15, -0.1) is 0 Å². The molecule has 0 aliphatic carbocycles. The Morgan fingerprint density at radius 2 is 1.51 bits per heavy atom. The molecule has 0 unspecified atom stereocenters. The van der Waals surface area contributed by atoms with Crippen LogP contribution in [0, 0.1) is 0 Å². The van der Waals surface area contributed by atoms with Gasteiger partial charge in [0.2, 0.25) is 10.0 Å². The van der Waals surface area contributed by atoms with Crippen LogP contribution in [0.15, 0.2) is 42.6 Å². The van der Waals surface area contributed by atoms with Crippen molar-refractivity contribution >= 4 is 44.3 Å². The molecule has 12 heteroatoms. The summed E-state index contributed by atoms with van der Waals surface area (Å²) in [4.78, 5) is 37.1. The molecular weight excluding hydrogens is 540 g/mol. The van der Waals surface area contributed by atoms with Crippen LogP contribution in [-0.2, 0) is 10.0 Å². The number of rotatable bonds is 5. The molecule has 2 amide bonds. The van der Waals surface area contributed by atoms with Crippen molar-refractivity contribution in [2.24, 2.45) is 0 Å². The number of pyridine rings is 1. The summed E-state index contributed by atoms with van der Waals surface area (Å²) in [6.45, 7) is 8.43. The zero-order valence-corrected chi connectivity index (χ0v) is 24.0. The lowest BCUT2D eigenvalue weighted by Crippen LogP contribution is -2.50. The number of sulfonamides is 1. The Hall–Kier alpha value is -2.99. The number of hydrogen-bond donors (Lipinski definition) is 0. The van der Waals surface area contributed by atoms with Crippen molar-refractivity contribution in [1.82, 2.24) is 28.6 Å². The van der Waals surface area contributed by atoms with Crippen LogP contribution in [0.2, 0.25) is 5.15 Å². The number of amides is 2. The minimum absolute atomic E-state index is 0.0233. The van der Waals surface area contributed by atoms with Crippen LogP contribution < -0.4 is 0 Å². The number of halogens is 1. The molecule has 0 N–H and O–H groups in total. The molecule has 39 heavy (non-hydrogen) atoms. The Bertz CT molecular complexity index is 1510. The van der Waals surface area contributed by atoms with Crippen LogP contribution in [-0.4, -0.2) is 113 Å². The summed E-state index contributed by atoms with van der Waals surface area (Å²) in [5, 5.41) is 1.05. The summed E-state index contributed by atoms with van der Waals surface area (Å²) in [7, 11) is -3.32. The number of nitrogens with zero attached hydrogens (tertiary/aromatic N) is 6. The van der Waals surface area contributed by atoms with E-state index in [0.29, 0.717) is 41.2 Å². The predicted octanol–water partition coefficient (Wildman–Crippen LogP) is 2.56. The molecule has 4 heterocycles. The third-order valence-corrected chi connectivity index (χ3v) is 9.07. The number of benzene rings is 1. The SMILES string of the molecule is CC(C)N1CCN(C(=O)c2ccc3c(c2)cc(C(=O)N2CCN(S(C)(=O)=O)CC2)n3-c2ccnc(Cl)c2)CC1. The first-order chi connectivity index (χ1) is 18.5. The number of fused-ring (bicyclic) bond motifs is 1. The summed E-state index contributed by atoms with van der Waals surface area (Å²) in [5.41, 5.74) is 2.42. The number of carbonyl (C=O) groups is 2. The van der Waals surface area contributed by atoms with Gasteiger partial charge >= 0.3 is 0 Å². The van der Waals surface area contributed by atoms with Gasteiger partial charge in [0, 0.05) is 75.5 Å². The van der Waals surface area contributed by atoms with E-state index in [0.717, 1.165) is 24.0 Å². The molecule has 2 fully saturated rings. The fraction of sp³-hybridized carbons (Fsp3) is 0.444. The first-order valence-electron chi connectivity index (χ1n) is 13.1. The quantitative estimate of drug-likeness (QED) is 0.436. The molecule has 0 atom stereocenters. The van der Waals surface area contributed by atoms with Gasteiger partial charge < -0.3 is 14.4 Å². The molecule has 2 aliphatic heterocycles. The molecule has 10 nitrogen and oxygen atoms in total. The van der Waals surface area contributed by atoms with Crippen LogP contribution in [0.3, 0.4) is 0 Å². The molecule has 0 radical (unpaired) electrons. The molecule has 1 aromatic carbocycles. The van der Waals surface area contributed by atoms with Gasteiger partial charge in [0.25, 0.3) is 11.8 Å². The van der Waals surface area contributed by atoms with Crippen LogP contribution in [0.5, 0.6) is 0 Å². The zero-order valence-electron chi connectivity index (χ0n) is 22.4. The molecule has 3 aromatic rings. The van der Waals surface area contributed by atoms with Gasteiger partial charge in [-0.1, -0.05) is 11.6 Å². The van der Waals surface area contributed by atoms with Gasteiger partial charge in [-0.05, 0) is 50.2 Å². The lowest BCUT2D eigenvalue weighted by atomic mass is 10.1. The first-order valence-corrected chi connectivity index (χ1v) is 15.3. The molecule has 2 aromatic heterocycles. The topological polar surface area (TPSA) is 99.1 Å². The fourth-order valence-electron chi connectivity index (χ4n) is 5.32. The van der Waals surface area contributed by atoms with Crippen LogP contribution in [0.4, 0.5) is 0 Å². The maximum absolute atomic E-state index is 13.8. The highest BCUT2D eigenvalue weighted by atomic mass is 35.5. The average Bonchev–Trinajstić information content (AvgIpc) is 3.30. The molecule has 5 rings (SSSR count). The van der Waals surface area contributed by atoms with Gasteiger partial charge in [-0.3, -0.25) is 14.5 Å². The Morgan fingerprint density at radius 1 is 0.872 bits per heavy atom. The first kappa shape index (κ1) is 27.6. The summed E-state index contributed by atoms with van der Waals surface area (Å²) in [6.07, 6.45) is 2.76. The fourth-order valence-corrected chi connectivity index (χ4v) is 6.32. The minimum Gasteiger partial charge on any atom is -0.336 e. The van der Waals surface area contributed by atoms with E-state index < -0.39 is 10.0 Å². The van der Waals surface area contributed by atoms with Crippen molar-refractivity contribution in [3.05, 3.63) is 59.0 Å². The van der Waals surface area contributed by atoms with Crippen molar-refractivity contribution in [3.63, 3.8) is 0 Å². The van der Waals surface area contributed by atoms with E-state index in [1.807, 2.05) is 21.6 Å². The summed E-state index contributed by atoms with van der Waals surface area (Å²) >= 11 is 6.20.